The first-order valence-electron chi connectivity index (χ1n) is 5.40. The number of benzene rings is 1. The van der Waals surface area contributed by atoms with Crippen LogP contribution in [-0.4, -0.2) is 23.7 Å². The van der Waals surface area contributed by atoms with Crippen molar-refractivity contribution in [3.8, 4) is 0 Å². The Balaban J connectivity index is 2.85. The zero-order valence-electron chi connectivity index (χ0n) is 9.85. The summed E-state index contributed by atoms with van der Waals surface area (Å²) < 4.78 is 18.0. The van der Waals surface area contributed by atoms with Gasteiger partial charge in [0.05, 0.1) is 13.0 Å². The zero-order valence-corrected chi connectivity index (χ0v) is 9.85. The highest BCUT2D eigenvalue weighted by molar-refractivity contribution is 5.92. The summed E-state index contributed by atoms with van der Waals surface area (Å²) in [6.07, 6.45) is 2.85. The highest BCUT2D eigenvalue weighted by Gasteiger charge is 2.13. The number of esters is 1. The highest BCUT2D eigenvalue weighted by Crippen LogP contribution is 2.15. The molecule has 0 bridgehead atoms. The monoisotopic (exact) mass is 252 g/mol. The Morgan fingerprint density at radius 3 is 2.78 bits per heavy atom. The van der Waals surface area contributed by atoms with Crippen LogP contribution in [0.3, 0.4) is 0 Å². The summed E-state index contributed by atoms with van der Waals surface area (Å²) in [5, 5.41) is 8.87. The first kappa shape index (κ1) is 13.9. The van der Waals surface area contributed by atoms with Gasteiger partial charge in [0.1, 0.15) is 11.4 Å². The number of rotatable bonds is 5. The van der Waals surface area contributed by atoms with Gasteiger partial charge in [-0.05, 0) is 18.6 Å². The van der Waals surface area contributed by atoms with Crippen LogP contribution < -0.4 is 0 Å². The van der Waals surface area contributed by atoms with Crippen molar-refractivity contribution in [2.45, 2.75) is 13.3 Å². The zero-order chi connectivity index (χ0) is 13.5. The van der Waals surface area contributed by atoms with Crippen LogP contribution in [0.5, 0.6) is 0 Å². The van der Waals surface area contributed by atoms with Crippen LogP contribution in [0.4, 0.5) is 4.39 Å². The molecule has 0 aliphatic heterocycles. The largest absolute Gasteiger partial charge is 0.478 e. The highest BCUT2D eigenvalue weighted by atomic mass is 19.1. The second kappa shape index (κ2) is 6.54. The van der Waals surface area contributed by atoms with Crippen LogP contribution in [0.25, 0.3) is 6.08 Å². The molecule has 0 saturated carbocycles. The molecular weight excluding hydrogens is 239 g/mol. The quantitative estimate of drug-likeness (QED) is 0.818. The third kappa shape index (κ3) is 3.69. The average Bonchev–Trinajstić information content (AvgIpc) is 2.28. The minimum atomic E-state index is -1.34. The fraction of sp³-hybridized carbons (Fsp3) is 0.231. The lowest BCUT2D eigenvalue weighted by Crippen LogP contribution is -2.04. The lowest BCUT2D eigenvalue weighted by molar-refractivity contribution is -0.142. The molecule has 0 amide bonds. The Kier molecular flexibility index (Phi) is 5.05. The van der Waals surface area contributed by atoms with Gasteiger partial charge >= 0.3 is 11.9 Å². The predicted molar refractivity (Wildman–Crippen MR) is 63.6 cm³/mol. The molecule has 1 aromatic carbocycles. The lowest BCUT2D eigenvalue weighted by Gasteiger charge is -2.02. The smallest absolute Gasteiger partial charge is 0.339 e. The summed E-state index contributed by atoms with van der Waals surface area (Å²) in [6.45, 7) is 1.98. The molecule has 0 saturated heterocycles. The molecule has 1 rings (SSSR count). The Hall–Kier alpha value is -2.17. The van der Waals surface area contributed by atoms with E-state index in [2.05, 4.69) is 0 Å². The van der Waals surface area contributed by atoms with Gasteiger partial charge in [0.25, 0.3) is 0 Å². The summed E-state index contributed by atoms with van der Waals surface area (Å²) >= 11 is 0. The van der Waals surface area contributed by atoms with Crippen LogP contribution in [0.1, 0.15) is 29.3 Å². The van der Waals surface area contributed by atoms with Crippen molar-refractivity contribution in [2.75, 3.05) is 6.61 Å². The van der Waals surface area contributed by atoms with Crippen molar-refractivity contribution in [3.63, 3.8) is 0 Å². The fourth-order valence-electron chi connectivity index (χ4n) is 1.41. The number of carbonyl (C=O) groups is 2. The number of carboxylic acids is 1. The third-order valence-electron chi connectivity index (χ3n) is 2.15. The van der Waals surface area contributed by atoms with Gasteiger partial charge in [-0.3, -0.25) is 4.79 Å². The number of aromatic carboxylic acids is 1. The molecule has 96 valence electrons. The molecule has 0 aromatic heterocycles. The Labute approximate surface area is 104 Å². The van der Waals surface area contributed by atoms with E-state index in [1.165, 1.54) is 24.3 Å². The lowest BCUT2D eigenvalue weighted by atomic mass is 10.1. The van der Waals surface area contributed by atoms with Gasteiger partial charge in [-0.1, -0.05) is 24.3 Å². The van der Waals surface area contributed by atoms with Crippen molar-refractivity contribution >= 4 is 18.0 Å². The molecule has 18 heavy (non-hydrogen) atoms. The van der Waals surface area contributed by atoms with E-state index in [1.54, 1.807) is 6.92 Å². The number of carbonyl (C=O) groups excluding carboxylic acids is 1. The maximum Gasteiger partial charge on any atom is 0.339 e. The second-order valence-electron chi connectivity index (χ2n) is 3.42. The van der Waals surface area contributed by atoms with Crippen LogP contribution >= 0.6 is 0 Å². The van der Waals surface area contributed by atoms with E-state index >= 15 is 0 Å². The van der Waals surface area contributed by atoms with Gasteiger partial charge in [-0.25, -0.2) is 9.18 Å². The van der Waals surface area contributed by atoms with Crippen LogP contribution in [0.15, 0.2) is 24.3 Å². The molecule has 0 unspecified atom stereocenters. The van der Waals surface area contributed by atoms with Crippen molar-refractivity contribution < 1.29 is 23.8 Å². The standard InChI is InChI=1S/C13H13FO4/c1-2-18-11(15)8-4-6-9-5-3-7-10(14)12(9)13(16)17/h3-7H,2,8H2,1H3,(H,16,17). The third-order valence-corrected chi connectivity index (χ3v) is 2.15. The van der Waals surface area contributed by atoms with Crippen LogP contribution in [0.2, 0.25) is 0 Å². The van der Waals surface area contributed by atoms with E-state index < -0.39 is 23.3 Å². The van der Waals surface area contributed by atoms with E-state index in [0.717, 1.165) is 6.07 Å². The Morgan fingerprint density at radius 1 is 1.44 bits per heavy atom. The summed E-state index contributed by atoms with van der Waals surface area (Å²) in [6, 6.07) is 3.95. The molecule has 1 N–H and O–H groups in total. The molecule has 1 aromatic rings. The molecule has 0 heterocycles. The molecule has 0 aliphatic carbocycles. The second-order valence-corrected chi connectivity index (χ2v) is 3.42. The molecule has 0 atom stereocenters. The minimum Gasteiger partial charge on any atom is -0.478 e. The Morgan fingerprint density at radius 2 is 2.17 bits per heavy atom. The maximum absolute atomic E-state index is 13.3. The molecule has 0 spiro atoms. The molecule has 0 aliphatic rings. The van der Waals surface area contributed by atoms with Gasteiger partial charge in [0, 0.05) is 0 Å². The van der Waals surface area contributed by atoms with Gasteiger partial charge < -0.3 is 9.84 Å². The van der Waals surface area contributed by atoms with Crippen molar-refractivity contribution in [1.82, 2.24) is 0 Å². The van der Waals surface area contributed by atoms with E-state index in [4.69, 9.17) is 9.84 Å². The first-order valence-corrected chi connectivity index (χ1v) is 5.40. The van der Waals surface area contributed by atoms with E-state index in [9.17, 15) is 14.0 Å². The number of carboxylic acid groups (broad SMARTS) is 1. The summed E-state index contributed by atoms with van der Waals surface area (Å²) in [5.74, 6) is -2.56. The SMILES string of the molecule is CCOC(=O)CC=Cc1cccc(F)c1C(=O)O. The molecule has 5 heteroatoms. The van der Waals surface area contributed by atoms with Crippen LogP contribution in [0, 0.1) is 5.82 Å². The number of ether oxygens (including phenoxy) is 1. The van der Waals surface area contributed by atoms with Gasteiger partial charge in [-0.15, -0.1) is 0 Å². The van der Waals surface area contributed by atoms with E-state index in [0.29, 0.717) is 0 Å². The van der Waals surface area contributed by atoms with Gasteiger partial charge in [-0.2, -0.15) is 0 Å². The topological polar surface area (TPSA) is 63.6 Å². The van der Waals surface area contributed by atoms with Gasteiger partial charge in [0.2, 0.25) is 0 Å². The predicted octanol–water partition coefficient (Wildman–Crippen LogP) is 2.49. The number of halogens is 1. The molecule has 0 radical (unpaired) electrons. The van der Waals surface area contributed by atoms with Crippen molar-refractivity contribution in [3.05, 3.63) is 41.2 Å². The minimum absolute atomic E-state index is 0.0173. The summed E-state index contributed by atoms with van der Waals surface area (Å²) in [7, 11) is 0. The van der Waals surface area contributed by atoms with Crippen LogP contribution in [-0.2, 0) is 9.53 Å². The van der Waals surface area contributed by atoms with E-state index in [1.807, 2.05) is 0 Å². The summed E-state index contributed by atoms with van der Waals surface area (Å²) in [4.78, 5) is 21.9. The van der Waals surface area contributed by atoms with E-state index in [-0.39, 0.29) is 18.6 Å². The average molecular weight is 252 g/mol. The molecular formula is C13H13FO4. The van der Waals surface area contributed by atoms with Crippen molar-refractivity contribution in [2.24, 2.45) is 0 Å². The Bertz CT molecular complexity index is 480. The maximum atomic E-state index is 13.3. The first-order chi connectivity index (χ1) is 8.56. The fourth-order valence-corrected chi connectivity index (χ4v) is 1.41. The summed E-state index contributed by atoms with van der Waals surface area (Å²) in [5.41, 5.74) is -0.190. The number of hydrogen-bond acceptors (Lipinski definition) is 3. The normalized spacial score (nSPS) is 10.6. The number of hydrogen-bond donors (Lipinski definition) is 1. The van der Waals surface area contributed by atoms with Crippen molar-refractivity contribution in [1.29, 1.82) is 0 Å². The molecule has 4 nitrogen and oxygen atoms in total. The molecule has 0 fully saturated rings. The van der Waals surface area contributed by atoms with Gasteiger partial charge in [0.15, 0.2) is 0 Å².